The molecule has 0 radical (unpaired) electrons. The molecule has 0 saturated heterocycles. The summed E-state index contributed by atoms with van der Waals surface area (Å²) in [6.07, 6.45) is 5.60. The third-order valence-corrected chi connectivity index (χ3v) is 6.59. The summed E-state index contributed by atoms with van der Waals surface area (Å²) in [5, 5.41) is 5.92. The van der Waals surface area contributed by atoms with Crippen molar-refractivity contribution >= 4 is 34.2 Å². The van der Waals surface area contributed by atoms with Crippen molar-refractivity contribution in [2.75, 3.05) is 0 Å². The van der Waals surface area contributed by atoms with Gasteiger partial charge in [-0.3, -0.25) is 0 Å². The van der Waals surface area contributed by atoms with E-state index in [4.69, 9.17) is 16.4 Å². The Hall–Kier alpha value is -3.38. The van der Waals surface area contributed by atoms with Crippen molar-refractivity contribution in [3.05, 3.63) is 88.6 Å². The number of carbonyl (C=O) groups is 1. The zero-order chi connectivity index (χ0) is 22.2. The van der Waals surface area contributed by atoms with Crippen molar-refractivity contribution in [2.45, 2.75) is 26.3 Å². The summed E-state index contributed by atoms with van der Waals surface area (Å²) < 4.78 is 4.33. The summed E-state index contributed by atoms with van der Waals surface area (Å²) in [5.41, 5.74) is 4.49. The van der Waals surface area contributed by atoms with Gasteiger partial charge in [-0.25, -0.2) is 9.78 Å². The number of aromatic nitrogens is 3. The van der Waals surface area contributed by atoms with Crippen molar-refractivity contribution in [1.82, 2.24) is 14.1 Å². The van der Waals surface area contributed by atoms with Gasteiger partial charge in [-0.1, -0.05) is 47.1 Å². The van der Waals surface area contributed by atoms with Gasteiger partial charge in [-0.15, -0.1) is 0 Å². The summed E-state index contributed by atoms with van der Waals surface area (Å²) in [4.78, 5) is 22.6. The van der Waals surface area contributed by atoms with Crippen LogP contribution in [0.5, 0.6) is 0 Å². The second kappa shape index (κ2) is 8.28. The molecular weight excluding hydrogens is 424 g/mol. The van der Waals surface area contributed by atoms with Crippen LogP contribution in [0.1, 0.15) is 33.9 Å². The van der Waals surface area contributed by atoms with E-state index in [0.717, 1.165) is 47.4 Å². The molecule has 162 valence electrons. The van der Waals surface area contributed by atoms with Crippen molar-refractivity contribution in [3.63, 3.8) is 0 Å². The normalized spacial score (nSPS) is 17.0. The first kappa shape index (κ1) is 20.5. The Balaban J connectivity index is 1.58. The predicted molar refractivity (Wildman–Crippen MR) is 125 cm³/mol. The van der Waals surface area contributed by atoms with Crippen LogP contribution in [0.2, 0.25) is 5.02 Å². The van der Waals surface area contributed by atoms with E-state index in [2.05, 4.69) is 38.5 Å². The van der Waals surface area contributed by atoms with Crippen molar-refractivity contribution in [3.8, 4) is 0 Å². The lowest BCUT2D eigenvalue weighted by Gasteiger charge is -2.25. The number of nitrogens with zero attached hydrogens (tertiary/aromatic N) is 4. The molecule has 4 aromatic rings. The van der Waals surface area contributed by atoms with Crippen molar-refractivity contribution in [1.29, 1.82) is 0 Å². The number of rotatable bonds is 4. The van der Waals surface area contributed by atoms with Gasteiger partial charge in [0.05, 0.1) is 16.3 Å². The molecule has 1 aliphatic rings. The molecule has 2 aromatic heterocycles. The average molecular weight is 447 g/mol. The highest BCUT2D eigenvalue weighted by Crippen LogP contribution is 2.35. The second-order valence-corrected chi connectivity index (χ2v) is 8.50. The van der Waals surface area contributed by atoms with E-state index in [0.29, 0.717) is 10.6 Å². The topological polar surface area (TPSA) is 61.4 Å². The van der Waals surface area contributed by atoms with Crippen LogP contribution in [0, 0.1) is 12.8 Å². The zero-order valence-electron chi connectivity index (χ0n) is 18.0. The van der Waals surface area contributed by atoms with Crippen LogP contribution in [0.4, 0.5) is 0 Å². The van der Waals surface area contributed by atoms with E-state index < -0.39 is 5.97 Å². The van der Waals surface area contributed by atoms with Crippen molar-refractivity contribution in [2.24, 2.45) is 18.1 Å². The van der Waals surface area contributed by atoms with Crippen LogP contribution in [0.15, 0.2) is 66.1 Å². The number of hydrogen-bond donors (Lipinski definition) is 0. The molecule has 0 spiro atoms. The van der Waals surface area contributed by atoms with E-state index in [1.807, 2.05) is 25.3 Å². The molecule has 0 bridgehead atoms. The molecule has 7 heteroatoms. The highest BCUT2D eigenvalue weighted by Gasteiger charge is 2.32. The van der Waals surface area contributed by atoms with Crippen LogP contribution in [-0.4, -0.2) is 25.8 Å². The van der Waals surface area contributed by atoms with Gasteiger partial charge in [-0.05, 0) is 38.0 Å². The number of benzene rings is 2. The molecule has 0 amide bonds. The van der Waals surface area contributed by atoms with E-state index in [1.54, 1.807) is 30.5 Å². The number of oxime groups is 1. The number of aryl methyl sites for hydroxylation is 2. The lowest BCUT2D eigenvalue weighted by Crippen LogP contribution is -2.28. The molecular formula is C25H23ClN4O2. The van der Waals surface area contributed by atoms with Crippen LogP contribution in [0.25, 0.3) is 10.9 Å². The first-order valence-electron chi connectivity index (χ1n) is 10.6. The lowest BCUT2D eigenvalue weighted by atomic mass is 9.84. The lowest BCUT2D eigenvalue weighted by molar-refractivity contribution is 0.0513. The van der Waals surface area contributed by atoms with Gasteiger partial charge in [0.1, 0.15) is 5.82 Å². The van der Waals surface area contributed by atoms with Crippen LogP contribution < -0.4 is 0 Å². The maximum atomic E-state index is 12.7. The number of halogens is 1. The van der Waals surface area contributed by atoms with Gasteiger partial charge in [0, 0.05) is 54.1 Å². The fourth-order valence-corrected chi connectivity index (χ4v) is 4.79. The van der Waals surface area contributed by atoms with Gasteiger partial charge in [-0.2, -0.15) is 0 Å². The molecule has 0 fully saturated rings. The molecule has 1 aliphatic carbocycles. The first-order valence-corrected chi connectivity index (χ1v) is 11.0. The molecule has 1 unspecified atom stereocenters. The fraction of sp³-hybridized carbons (Fsp3) is 0.240. The highest BCUT2D eigenvalue weighted by atomic mass is 35.5. The Morgan fingerprint density at radius 3 is 2.78 bits per heavy atom. The van der Waals surface area contributed by atoms with Crippen LogP contribution in [0.3, 0.4) is 0 Å². The number of imidazole rings is 1. The quantitative estimate of drug-likeness (QED) is 0.321. The summed E-state index contributed by atoms with van der Waals surface area (Å²) in [7, 11) is 2.08. The number of carbonyl (C=O) groups excluding carboxylic acids is 1. The average Bonchev–Trinajstić information content (AvgIpc) is 3.34. The minimum Gasteiger partial charge on any atom is -0.347 e. The summed E-state index contributed by atoms with van der Waals surface area (Å²) >= 11 is 6.18. The summed E-state index contributed by atoms with van der Waals surface area (Å²) in [5.74, 6) is 0.467. The molecule has 2 aromatic carbocycles. The van der Waals surface area contributed by atoms with Crippen molar-refractivity contribution < 1.29 is 9.63 Å². The zero-order valence-corrected chi connectivity index (χ0v) is 18.7. The Bertz CT molecular complexity index is 1350. The third-order valence-electron chi connectivity index (χ3n) is 6.26. The Kier molecular flexibility index (Phi) is 5.31. The minimum atomic E-state index is -0.562. The van der Waals surface area contributed by atoms with E-state index in [-0.39, 0.29) is 5.92 Å². The standard InChI is InChI=1S/C25H23ClN4O2/c1-16-27-13-14-30(16)15-17-11-12-22-23(19-8-4-6-10-21(19)29(22)2)24(17)28-32-25(31)18-7-3-5-9-20(18)26/h3-10,13-14,17H,11-12,15H2,1-2H3/b28-24+. The van der Waals surface area contributed by atoms with E-state index >= 15 is 0 Å². The number of para-hydroxylation sites is 1. The van der Waals surface area contributed by atoms with Gasteiger partial charge in [0.25, 0.3) is 0 Å². The van der Waals surface area contributed by atoms with Crippen LogP contribution >= 0.6 is 11.6 Å². The summed E-state index contributed by atoms with van der Waals surface area (Å²) in [6.45, 7) is 2.71. The molecule has 2 heterocycles. The molecule has 5 rings (SSSR count). The SMILES string of the molecule is Cc1nccn1CC1CCc2c(c3ccccc3n2C)/C1=N/OC(=O)c1ccccc1Cl. The Labute approximate surface area is 191 Å². The van der Waals surface area contributed by atoms with Gasteiger partial charge in [0.15, 0.2) is 0 Å². The Morgan fingerprint density at radius 2 is 2.00 bits per heavy atom. The maximum Gasteiger partial charge on any atom is 0.367 e. The maximum absolute atomic E-state index is 12.7. The second-order valence-electron chi connectivity index (χ2n) is 8.10. The predicted octanol–water partition coefficient (Wildman–Crippen LogP) is 5.16. The number of fused-ring (bicyclic) bond motifs is 3. The Morgan fingerprint density at radius 1 is 1.22 bits per heavy atom. The molecule has 6 nitrogen and oxygen atoms in total. The molecule has 0 N–H and O–H groups in total. The minimum absolute atomic E-state index is 0.0836. The van der Waals surface area contributed by atoms with E-state index in [9.17, 15) is 4.79 Å². The first-order chi connectivity index (χ1) is 15.5. The van der Waals surface area contributed by atoms with Gasteiger partial charge < -0.3 is 14.0 Å². The highest BCUT2D eigenvalue weighted by molar-refractivity contribution is 6.33. The third kappa shape index (κ3) is 3.50. The molecule has 0 aliphatic heterocycles. The summed E-state index contributed by atoms with van der Waals surface area (Å²) in [6, 6.07) is 15.1. The van der Waals surface area contributed by atoms with Crippen LogP contribution in [-0.2, 0) is 24.9 Å². The molecule has 0 saturated carbocycles. The molecule has 1 atom stereocenters. The fourth-order valence-electron chi connectivity index (χ4n) is 4.57. The monoisotopic (exact) mass is 446 g/mol. The largest absolute Gasteiger partial charge is 0.367 e. The smallest absolute Gasteiger partial charge is 0.347 e. The molecule has 32 heavy (non-hydrogen) atoms. The van der Waals surface area contributed by atoms with Gasteiger partial charge >= 0.3 is 5.97 Å². The van der Waals surface area contributed by atoms with Gasteiger partial charge in [0.2, 0.25) is 0 Å². The number of hydrogen-bond acceptors (Lipinski definition) is 4. The van der Waals surface area contributed by atoms with E-state index in [1.165, 1.54) is 5.69 Å².